The number of fused-ring (bicyclic) bond motifs is 2. The second-order valence-electron chi connectivity index (χ2n) is 7.36. The molecule has 0 aromatic heterocycles. The summed E-state index contributed by atoms with van der Waals surface area (Å²) < 4.78 is 0. The molecule has 1 aromatic carbocycles. The first-order chi connectivity index (χ1) is 10.7. The third-order valence-corrected chi connectivity index (χ3v) is 4.29. The van der Waals surface area contributed by atoms with Crippen LogP contribution in [0.15, 0.2) is 24.3 Å². The highest BCUT2D eigenvalue weighted by molar-refractivity contribution is 6.09. The van der Waals surface area contributed by atoms with Crippen LogP contribution in [0.2, 0.25) is 0 Å². The predicted octanol–water partition coefficient (Wildman–Crippen LogP) is 1.89. The zero-order chi connectivity index (χ0) is 16.8. The van der Waals surface area contributed by atoms with E-state index in [1.807, 2.05) is 39.0 Å². The van der Waals surface area contributed by atoms with Gasteiger partial charge in [-0.2, -0.15) is 0 Å². The average molecular weight is 315 g/mol. The van der Waals surface area contributed by atoms with Crippen LogP contribution in [0.4, 0.5) is 10.5 Å². The van der Waals surface area contributed by atoms with Crippen molar-refractivity contribution < 1.29 is 14.4 Å². The summed E-state index contributed by atoms with van der Waals surface area (Å²) in [6, 6.07) is 6.80. The first-order valence-electron chi connectivity index (χ1n) is 7.76. The van der Waals surface area contributed by atoms with Crippen LogP contribution in [0.1, 0.15) is 39.2 Å². The summed E-state index contributed by atoms with van der Waals surface area (Å²) in [6.45, 7) is 6.46. The minimum absolute atomic E-state index is 0.0320. The van der Waals surface area contributed by atoms with Gasteiger partial charge in [0.2, 0.25) is 5.91 Å². The fourth-order valence-corrected chi connectivity index (χ4v) is 3.27. The number of hydrogen-bond acceptors (Lipinski definition) is 3. The van der Waals surface area contributed by atoms with Crippen molar-refractivity contribution in [2.24, 2.45) is 5.41 Å². The van der Waals surface area contributed by atoms with Crippen LogP contribution in [-0.4, -0.2) is 24.4 Å². The van der Waals surface area contributed by atoms with Crippen molar-refractivity contribution in [2.45, 2.75) is 39.2 Å². The van der Waals surface area contributed by atoms with E-state index in [0.29, 0.717) is 30.6 Å². The number of benzene rings is 1. The van der Waals surface area contributed by atoms with Crippen molar-refractivity contribution in [3.8, 4) is 0 Å². The lowest BCUT2D eigenvalue weighted by Gasteiger charge is -2.39. The third kappa shape index (κ3) is 2.58. The van der Waals surface area contributed by atoms with Crippen LogP contribution in [-0.2, 0) is 15.1 Å². The van der Waals surface area contributed by atoms with E-state index in [-0.39, 0.29) is 17.2 Å². The monoisotopic (exact) mass is 315 g/mol. The maximum atomic E-state index is 12.7. The average Bonchev–Trinajstić information content (AvgIpc) is 2.72. The van der Waals surface area contributed by atoms with Crippen LogP contribution in [0.3, 0.4) is 0 Å². The SMILES string of the molecule is CC(C)(C)CC(=O)N1CCC2(NC(=O)NC2=O)c2ccccc21. The molecule has 0 aliphatic carbocycles. The highest BCUT2D eigenvalue weighted by Gasteiger charge is 2.51. The van der Waals surface area contributed by atoms with Crippen LogP contribution < -0.4 is 15.5 Å². The van der Waals surface area contributed by atoms with Crippen molar-refractivity contribution in [2.75, 3.05) is 11.4 Å². The lowest BCUT2D eigenvalue weighted by atomic mass is 9.81. The molecule has 2 heterocycles. The fourth-order valence-electron chi connectivity index (χ4n) is 3.27. The molecule has 2 aliphatic rings. The Morgan fingerprint density at radius 2 is 1.96 bits per heavy atom. The van der Waals surface area contributed by atoms with Crippen molar-refractivity contribution in [1.82, 2.24) is 10.6 Å². The molecule has 1 atom stereocenters. The van der Waals surface area contributed by atoms with Crippen molar-refractivity contribution in [3.63, 3.8) is 0 Å². The molecule has 4 amide bonds. The minimum Gasteiger partial charge on any atom is -0.319 e. The molecule has 1 aromatic rings. The molecule has 1 unspecified atom stereocenters. The van der Waals surface area contributed by atoms with Crippen molar-refractivity contribution >= 4 is 23.5 Å². The molecule has 1 saturated heterocycles. The number of carbonyl (C=O) groups is 3. The summed E-state index contributed by atoms with van der Waals surface area (Å²) in [5, 5.41) is 5.05. The van der Waals surface area contributed by atoms with Crippen LogP contribution in [0.25, 0.3) is 0 Å². The summed E-state index contributed by atoms with van der Waals surface area (Å²) in [5.74, 6) is -0.317. The lowest BCUT2D eigenvalue weighted by molar-refractivity contribution is -0.125. The van der Waals surface area contributed by atoms with Crippen molar-refractivity contribution in [1.29, 1.82) is 0 Å². The first kappa shape index (κ1) is 15.5. The molecule has 0 saturated carbocycles. The Balaban J connectivity index is 2.01. The zero-order valence-electron chi connectivity index (χ0n) is 13.6. The number of hydrogen-bond donors (Lipinski definition) is 2. The highest BCUT2D eigenvalue weighted by Crippen LogP contribution is 2.40. The molecular weight excluding hydrogens is 294 g/mol. The van der Waals surface area contributed by atoms with Crippen LogP contribution >= 0.6 is 0 Å². The van der Waals surface area contributed by atoms with Gasteiger partial charge in [0, 0.05) is 30.6 Å². The summed E-state index contributed by atoms with van der Waals surface area (Å²) >= 11 is 0. The zero-order valence-corrected chi connectivity index (χ0v) is 13.6. The number of carbonyl (C=O) groups excluding carboxylic acids is 3. The minimum atomic E-state index is -1.06. The summed E-state index contributed by atoms with van der Waals surface area (Å²) in [7, 11) is 0. The standard InChI is InChI=1S/C17H21N3O3/c1-16(2,3)10-13(21)20-9-8-17(14(22)18-15(23)19-17)11-6-4-5-7-12(11)20/h4-7H,8-10H2,1-3H3,(H2,18,19,22,23). The van der Waals surface area contributed by atoms with Gasteiger partial charge in [0.05, 0.1) is 0 Å². The second kappa shape index (κ2) is 5.08. The number of urea groups is 1. The maximum Gasteiger partial charge on any atom is 0.322 e. The maximum absolute atomic E-state index is 12.7. The third-order valence-electron chi connectivity index (χ3n) is 4.29. The molecule has 23 heavy (non-hydrogen) atoms. The van der Waals surface area contributed by atoms with Gasteiger partial charge in [0.15, 0.2) is 0 Å². The van der Waals surface area contributed by atoms with E-state index in [2.05, 4.69) is 10.6 Å². The predicted molar refractivity (Wildman–Crippen MR) is 85.8 cm³/mol. The molecular formula is C17H21N3O3. The van der Waals surface area contributed by atoms with E-state index in [1.165, 1.54) is 0 Å². The molecule has 3 rings (SSSR count). The number of nitrogens with zero attached hydrogens (tertiary/aromatic N) is 1. The van der Waals surface area contributed by atoms with E-state index in [4.69, 9.17) is 0 Å². The number of amides is 4. The fraction of sp³-hybridized carbons (Fsp3) is 0.471. The molecule has 1 fully saturated rings. The van der Waals surface area contributed by atoms with Crippen LogP contribution in [0, 0.1) is 5.41 Å². The molecule has 0 radical (unpaired) electrons. The number of para-hydroxylation sites is 1. The van der Waals surface area contributed by atoms with Gasteiger partial charge in [-0.05, 0) is 11.5 Å². The summed E-state index contributed by atoms with van der Waals surface area (Å²) in [4.78, 5) is 38.3. The Hall–Kier alpha value is -2.37. The van der Waals surface area contributed by atoms with Gasteiger partial charge in [-0.1, -0.05) is 39.0 Å². The highest BCUT2D eigenvalue weighted by atomic mass is 16.2. The molecule has 2 N–H and O–H groups in total. The largest absolute Gasteiger partial charge is 0.322 e. The second-order valence-corrected chi connectivity index (χ2v) is 7.36. The normalized spacial score (nSPS) is 23.5. The molecule has 2 aliphatic heterocycles. The van der Waals surface area contributed by atoms with Gasteiger partial charge in [0.1, 0.15) is 5.54 Å². The topological polar surface area (TPSA) is 78.5 Å². The number of rotatable bonds is 1. The lowest BCUT2D eigenvalue weighted by Crippen LogP contribution is -2.52. The Morgan fingerprint density at radius 1 is 1.26 bits per heavy atom. The Kier molecular flexibility index (Phi) is 3.43. The molecule has 6 heteroatoms. The van der Waals surface area contributed by atoms with Crippen LogP contribution in [0.5, 0.6) is 0 Å². The van der Waals surface area contributed by atoms with Gasteiger partial charge in [-0.3, -0.25) is 14.9 Å². The molecule has 122 valence electrons. The number of nitrogens with one attached hydrogen (secondary N) is 2. The van der Waals surface area contributed by atoms with E-state index in [1.54, 1.807) is 11.0 Å². The summed E-state index contributed by atoms with van der Waals surface area (Å²) in [5.41, 5.74) is 0.203. The van der Waals surface area contributed by atoms with Gasteiger partial charge >= 0.3 is 6.03 Å². The molecule has 1 spiro atoms. The van der Waals surface area contributed by atoms with E-state index in [9.17, 15) is 14.4 Å². The Bertz CT molecular complexity index is 693. The van der Waals surface area contributed by atoms with Gasteiger partial charge < -0.3 is 10.2 Å². The van der Waals surface area contributed by atoms with Gasteiger partial charge in [-0.25, -0.2) is 4.79 Å². The van der Waals surface area contributed by atoms with Crippen molar-refractivity contribution in [3.05, 3.63) is 29.8 Å². The first-order valence-corrected chi connectivity index (χ1v) is 7.76. The molecule has 0 bridgehead atoms. The van der Waals surface area contributed by atoms with E-state index in [0.717, 1.165) is 0 Å². The molecule has 6 nitrogen and oxygen atoms in total. The summed E-state index contributed by atoms with van der Waals surface area (Å²) in [6.07, 6.45) is 0.796. The van der Waals surface area contributed by atoms with E-state index < -0.39 is 11.6 Å². The van der Waals surface area contributed by atoms with Gasteiger partial charge in [0.25, 0.3) is 5.91 Å². The number of anilines is 1. The van der Waals surface area contributed by atoms with Gasteiger partial charge in [-0.15, -0.1) is 0 Å². The van der Waals surface area contributed by atoms with E-state index >= 15 is 0 Å². The Labute approximate surface area is 135 Å². The smallest absolute Gasteiger partial charge is 0.319 e. The Morgan fingerprint density at radius 3 is 2.57 bits per heavy atom. The number of imide groups is 1. The quantitative estimate of drug-likeness (QED) is 0.777.